The SMILES string of the molecule is CCOc1ncc(NC(=O)c2cncc(Br)c2)c(OCC)n1. The fourth-order valence-electron chi connectivity index (χ4n) is 1.61. The molecule has 1 N–H and O–H groups in total. The van der Waals surface area contributed by atoms with E-state index in [-0.39, 0.29) is 17.8 Å². The second-order valence-electron chi connectivity index (χ2n) is 4.08. The van der Waals surface area contributed by atoms with E-state index in [2.05, 4.69) is 36.2 Å². The van der Waals surface area contributed by atoms with Gasteiger partial charge in [-0.3, -0.25) is 9.78 Å². The molecule has 2 aromatic heterocycles. The summed E-state index contributed by atoms with van der Waals surface area (Å²) in [6.07, 6.45) is 4.52. The predicted octanol–water partition coefficient (Wildman–Crippen LogP) is 2.68. The third-order valence-corrected chi connectivity index (χ3v) is 2.94. The van der Waals surface area contributed by atoms with Crippen LogP contribution in [0.4, 0.5) is 5.69 Å². The molecular weight excluding hydrogens is 352 g/mol. The van der Waals surface area contributed by atoms with Crippen molar-refractivity contribution in [2.45, 2.75) is 13.8 Å². The highest BCUT2D eigenvalue weighted by atomic mass is 79.9. The summed E-state index contributed by atoms with van der Waals surface area (Å²) in [4.78, 5) is 24.3. The minimum Gasteiger partial charge on any atom is -0.476 e. The lowest BCUT2D eigenvalue weighted by molar-refractivity contribution is 0.102. The molecule has 0 radical (unpaired) electrons. The number of anilines is 1. The number of rotatable bonds is 6. The lowest BCUT2D eigenvalue weighted by Gasteiger charge is -2.11. The summed E-state index contributed by atoms with van der Waals surface area (Å²) in [5, 5.41) is 2.70. The predicted molar refractivity (Wildman–Crippen MR) is 84.3 cm³/mol. The summed E-state index contributed by atoms with van der Waals surface area (Å²) in [6, 6.07) is 1.87. The molecule has 0 spiro atoms. The maximum atomic E-state index is 12.2. The van der Waals surface area contributed by atoms with Crippen molar-refractivity contribution in [3.8, 4) is 11.9 Å². The number of pyridine rings is 1. The number of carbonyl (C=O) groups excluding carboxylic acids is 1. The molecule has 116 valence electrons. The van der Waals surface area contributed by atoms with Gasteiger partial charge in [0.1, 0.15) is 5.69 Å². The van der Waals surface area contributed by atoms with Gasteiger partial charge in [0.2, 0.25) is 5.88 Å². The third-order valence-electron chi connectivity index (χ3n) is 2.50. The van der Waals surface area contributed by atoms with Crippen LogP contribution in [0.2, 0.25) is 0 Å². The van der Waals surface area contributed by atoms with Crippen LogP contribution >= 0.6 is 15.9 Å². The molecule has 2 rings (SSSR count). The molecule has 7 nitrogen and oxygen atoms in total. The summed E-state index contributed by atoms with van der Waals surface area (Å²) in [5.74, 6) is -0.0697. The molecule has 0 saturated heterocycles. The van der Waals surface area contributed by atoms with Gasteiger partial charge in [0.25, 0.3) is 5.91 Å². The Balaban J connectivity index is 2.22. The van der Waals surface area contributed by atoms with Crippen LogP contribution < -0.4 is 14.8 Å². The second-order valence-corrected chi connectivity index (χ2v) is 5.00. The maximum absolute atomic E-state index is 12.2. The average Bonchev–Trinajstić information content (AvgIpc) is 2.50. The molecule has 22 heavy (non-hydrogen) atoms. The van der Waals surface area contributed by atoms with E-state index in [0.29, 0.717) is 28.9 Å². The average molecular weight is 367 g/mol. The number of ether oxygens (including phenoxy) is 2. The van der Waals surface area contributed by atoms with E-state index in [1.165, 1.54) is 12.4 Å². The quantitative estimate of drug-likeness (QED) is 0.845. The van der Waals surface area contributed by atoms with Gasteiger partial charge in [0.05, 0.1) is 25.0 Å². The molecule has 0 saturated carbocycles. The molecule has 0 aliphatic heterocycles. The van der Waals surface area contributed by atoms with Gasteiger partial charge in [-0.15, -0.1) is 0 Å². The zero-order valence-corrected chi connectivity index (χ0v) is 13.8. The van der Waals surface area contributed by atoms with E-state index in [4.69, 9.17) is 9.47 Å². The van der Waals surface area contributed by atoms with E-state index in [1.807, 2.05) is 13.8 Å². The molecule has 0 aromatic carbocycles. The number of amides is 1. The second kappa shape index (κ2) is 7.69. The first-order chi connectivity index (χ1) is 10.6. The molecule has 0 bridgehead atoms. The maximum Gasteiger partial charge on any atom is 0.319 e. The molecule has 0 fully saturated rings. The molecule has 0 aliphatic carbocycles. The molecule has 0 unspecified atom stereocenters. The van der Waals surface area contributed by atoms with Gasteiger partial charge in [-0.2, -0.15) is 4.98 Å². The number of hydrogen-bond donors (Lipinski definition) is 1. The fraction of sp³-hybridized carbons (Fsp3) is 0.286. The van der Waals surface area contributed by atoms with Crippen molar-refractivity contribution in [1.29, 1.82) is 0 Å². The van der Waals surface area contributed by atoms with Crippen LogP contribution in [-0.4, -0.2) is 34.1 Å². The van der Waals surface area contributed by atoms with Crippen molar-refractivity contribution in [2.75, 3.05) is 18.5 Å². The van der Waals surface area contributed by atoms with E-state index in [0.717, 1.165) is 0 Å². The van der Waals surface area contributed by atoms with Crippen molar-refractivity contribution in [3.05, 3.63) is 34.7 Å². The topological polar surface area (TPSA) is 86.2 Å². The van der Waals surface area contributed by atoms with Crippen molar-refractivity contribution in [1.82, 2.24) is 15.0 Å². The lowest BCUT2D eigenvalue weighted by Crippen LogP contribution is -2.14. The van der Waals surface area contributed by atoms with Crippen molar-refractivity contribution >= 4 is 27.5 Å². The van der Waals surface area contributed by atoms with Crippen molar-refractivity contribution in [3.63, 3.8) is 0 Å². The van der Waals surface area contributed by atoms with Gasteiger partial charge >= 0.3 is 6.01 Å². The minimum absolute atomic E-state index is 0.202. The molecule has 0 atom stereocenters. The number of nitrogens with one attached hydrogen (secondary N) is 1. The summed E-state index contributed by atoms with van der Waals surface area (Å²) >= 11 is 3.27. The van der Waals surface area contributed by atoms with Crippen LogP contribution in [0.15, 0.2) is 29.1 Å². The molecular formula is C14H15BrN4O3. The standard InChI is InChI=1S/C14H15BrN4O3/c1-3-21-13-11(8-17-14(19-13)22-4-2)18-12(20)9-5-10(15)7-16-6-9/h5-8H,3-4H2,1-2H3,(H,18,20). The van der Waals surface area contributed by atoms with Gasteiger partial charge < -0.3 is 14.8 Å². The smallest absolute Gasteiger partial charge is 0.319 e. The normalized spacial score (nSPS) is 10.1. The van der Waals surface area contributed by atoms with Crippen LogP contribution in [0.3, 0.4) is 0 Å². The highest BCUT2D eigenvalue weighted by molar-refractivity contribution is 9.10. The molecule has 2 aromatic rings. The van der Waals surface area contributed by atoms with E-state index >= 15 is 0 Å². The first kappa shape index (κ1) is 16.2. The van der Waals surface area contributed by atoms with Crippen LogP contribution in [-0.2, 0) is 0 Å². The van der Waals surface area contributed by atoms with Crippen LogP contribution in [0.5, 0.6) is 11.9 Å². The number of hydrogen-bond acceptors (Lipinski definition) is 6. The Morgan fingerprint density at radius 3 is 2.68 bits per heavy atom. The van der Waals surface area contributed by atoms with Crippen LogP contribution in [0, 0.1) is 0 Å². The van der Waals surface area contributed by atoms with Crippen LogP contribution in [0.25, 0.3) is 0 Å². The Kier molecular flexibility index (Phi) is 5.65. The Hall–Kier alpha value is -2.22. The zero-order chi connectivity index (χ0) is 15.9. The van der Waals surface area contributed by atoms with Crippen LogP contribution in [0.1, 0.15) is 24.2 Å². The Morgan fingerprint density at radius 2 is 2.00 bits per heavy atom. The van der Waals surface area contributed by atoms with Crippen molar-refractivity contribution in [2.24, 2.45) is 0 Å². The van der Waals surface area contributed by atoms with E-state index in [9.17, 15) is 4.79 Å². The van der Waals surface area contributed by atoms with Gasteiger partial charge in [-0.25, -0.2) is 4.98 Å². The fourth-order valence-corrected chi connectivity index (χ4v) is 1.98. The number of halogens is 1. The lowest BCUT2D eigenvalue weighted by atomic mass is 10.2. The summed E-state index contributed by atoms with van der Waals surface area (Å²) in [6.45, 7) is 4.51. The Morgan fingerprint density at radius 1 is 1.23 bits per heavy atom. The van der Waals surface area contributed by atoms with Crippen molar-refractivity contribution < 1.29 is 14.3 Å². The van der Waals surface area contributed by atoms with E-state index in [1.54, 1.807) is 12.3 Å². The first-order valence-corrected chi connectivity index (χ1v) is 7.47. The van der Waals surface area contributed by atoms with Gasteiger partial charge in [-0.05, 0) is 35.8 Å². The Labute approximate surface area is 136 Å². The number of aromatic nitrogens is 3. The molecule has 0 aliphatic rings. The minimum atomic E-state index is -0.331. The Bertz CT molecular complexity index is 666. The summed E-state index contributed by atoms with van der Waals surface area (Å²) in [5.41, 5.74) is 0.779. The monoisotopic (exact) mass is 366 g/mol. The third kappa shape index (κ3) is 4.14. The number of carbonyl (C=O) groups is 1. The number of nitrogens with zero attached hydrogens (tertiary/aromatic N) is 3. The van der Waals surface area contributed by atoms with Gasteiger partial charge in [-0.1, -0.05) is 0 Å². The zero-order valence-electron chi connectivity index (χ0n) is 12.2. The molecule has 8 heteroatoms. The summed E-state index contributed by atoms with van der Waals surface area (Å²) in [7, 11) is 0. The largest absolute Gasteiger partial charge is 0.476 e. The molecule has 2 heterocycles. The first-order valence-electron chi connectivity index (χ1n) is 6.68. The summed E-state index contributed by atoms with van der Waals surface area (Å²) < 4.78 is 11.4. The molecule has 1 amide bonds. The highest BCUT2D eigenvalue weighted by Gasteiger charge is 2.14. The van der Waals surface area contributed by atoms with Gasteiger partial charge in [0.15, 0.2) is 0 Å². The van der Waals surface area contributed by atoms with Gasteiger partial charge in [0, 0.05) is 16.9 Å². The highest BCUT2D eigenvalue weighted by Crippen LogP contribution is 2.24. The van der Waals surface area contributed by atoms with E-state index < -0.39 is 0 Å².